The van der Waals surface area contributed by atoms with Gasteiger partial charge in [0.25, 0.3) is 11.8 Å². The molecule has 2 aromatic rings. The number of nitrogens with two attached hydrogens (primary N) is 2. The number of anilines is 1. The molecule has 0 unspecified atom stereocenters. The Kier molecular flexibility index (Phi) is 6.34. The Balaban J connectivity index is 2.33. The van der Waals surface area contributed by atoms with Gasteiger partial charge < -0.3 is 15.6 Å². The normalized spacial score (nSPS) is 12.9. The standard InChI is InChI=1S/C16H15F3N4O6S/c1-8(24)14(25)23(21)15(26)13-12(20)6-11(7-22-13)30(27,28)10-4-2-9(3-5-10)29-16(17,18)19/h2-8,24H,20-21H2,1H3/t8-/m0/s1. The first-order valence-corrected chi connectivity index (χ1v) is 9.40. The highest BCUT2D eigenvalue weighted by molar-refractivity contribution is 7.91. The molecule has 1 atom stereocenters. The number of sulfone groups is 1. The Labute approximate surface area is 167 Å². The monoisotopic (exact) mass is 448 g/mol. The highest BCUT2D eigenvalue weighted by Crippen LogP contribution is 2.27. The van der Waals surface area contributed by atoms with Gasteiger partial charge in [0.1, 0.15) is 11.9 Å². The van der Waals surface area contributed by atoms with E-state index in [9.17, 15) is 36.3 Å². The van der Waals surface area contributed by atoms with Gasteiger partial charge in [-0.2, -0.15) is 0 Å². The number of carbonyl (C=O) groups is 2. The predicted molar refractivity (Wildman–Crippen MR) is 94.3 cm³/mol. The molecule has 0 radical (unpaired) electrons. The quantitative estimate of drug-likeness (QED) is 0.337. The van der Waals surface area contributed by atoms with E-state index in [1.807, 2.05) is 0 Å². The SMILES string of the molecule is C[C@H](O)C(=O)N(N)C(=O)c1ncc(S(=O)(=O)c2ccc(OC(F)(F)F)cc2)cc1N. The Hall–Kier alpha value is -3.23. The number of nitrogens with zero attached hydrogens (tertiary/aromatic N) is 2. The van der Waals surface area contributed by atoms with E-state index in [1.165, 1.54) is 0 Å². The molecule has 0 bridgehead atoms. The van der Waals surface area contributed by atoms with E-state index in [4.69, 9.17) is 11.6 Å². The molecule has 2 rings (SSSR count). The number of hydrazine groups is 1. The van der Waals surface area contributed by atoms with Gasteiger partial charge in [-0.1, -0.05) is 0 Å². The smallest absolute Gasteiger partial charge is 0.406 e. The number of hydrogen-bond acceptors (Lipinski definition) is 9. The lowest BCUT2D eigenvalue weighted by Crippen LogP contribution is -2.47. The number of aliphatic hydroxyl groups excluding tert-OH is 1. The van der Waals surface area contributed by atoms with E-state index >= 15 is 0 Å². The molecule has 0 saturated carbocycles. The number of ether oxygens (including phenoxy) is 1. The summed E-state index contributed by atoms with van der Waals surface area (Å²) in [5.41, 5.74) is 4.68. The molecule has 0 aliphatic heterocycles. The van der Waals surface area contributed by atoms with Crippen LogP contribution in [0, 0.1) is 0 Å². The summed E-state index contributed by atoms with van der Waals surface area (Å²) in [4.78, 5) is 26.5. The summed E-state index contributed by atoms with van der Waals surface area (Å²) < 4.78 is 65.5. The maximum Gasteiger partial charge on any atom is 0.573 e. The first kappa shape index (κ1) is 23.1. The molecule has 30 heavy (non-hydrogen) atoms. The molecular weight excluding hydrogens is 433 g/mol. The van der Waals surface area contributed by atoms with E-state index in [1.54, 1.807) is 0 Å². The third-order valence-electron chi connectivity index (χ3n) is 3.59. The van der Waals surface area contributed by atoms with Crippen molar-refractivity contribution in [2.45, 2.75) is 29.2 Å². The molecular formula is C16H15F3N4O6S. The zero-order valence-corrected chi connectivity index (χ0v) is 15.9. The van der Waals surface area contributed by atoms with E-state index in [-0.39, 0.29) is 9.90 Å². The second kappa shape index (κ2) is 8.25. The lowest BCUT2D eigenvalue weighted by molar-refractivity contribution is -0.274. The van der Waals surface area contributed by atoms with E-state index in [0.29, 0.717) is 0 Å². The number of rotatable bonds is 5. The van der Waals surface area contributed by atoms with Crippen molar-refractivity contribution in [1.82, 2.24) is 9.99 Å². The molecule has 10 nitrogen and oxygen atoms in total. The van der Waals surface area contributed by atoms with Crippen LogP contribution in [-0.2, 0) is 14.6 Å². The minimum atomic E-state index is -4.94. The number of benzene rings is 1. The molecule has 2 amide bonds. The van der Waals surface area contributed by atoms with Crippen LogP contribution in [0.15, 0.2) is 46.3 Å². The maximum absolute atomic E-state index is 12.6. The topological polar surface area (TPSA) is 166 Å². The molecule has 0 aliphatic carbocycles. The highest BCUT2D eigenvalue weighted by Gasteiger charge is 2.31. The fraction of sp³-hybridized carbons (Fsp3) is 0.188. The second-order valence-corrected chi connectivity index (χ2v) is 7.77. The van der Waals surface area contributed by atoms with Crippen molar-refractivity contribution in [2.24, 2.45) is 5.84 Å². The summed E-state index contributed by atoms with van der Waals surface area (Å²) in [7, 11) is -4.26. The van der Waals surface area contributed by atoms with Crippen LogP contribution >= 0.6 is 0 Å². The minimum Gasteiger partial charge on any atom is -0.406 e. The summed E-state index contributed by atoms with van der Waals surface area (Å²) >= 11 is 0. The van der Waals surface area contributed by atoms with Crippen LogP contribution in [-0.4, -0.2) is 47.8 Å². The van der Waals surface area contributed by atoms with Crippen LogP contribution < -0.4 is 16.3 Å². The summed E-state index contributed by atoms with van der Waals surface area (Å²) in [5.74, 6) is 2.36. The molecule has 0 saturated heterocycles. The van der Waals surface area contributed by atoms with Gasteiger partial charge in [0, 0.05) is 6.20 Å². The Bertz CT molecular complexity index is 1070. The number of nitrogen functional groups attached to an aromatic ring is 1. The van der Waals surface area contributed by atoms with Crippen LogP contribution in [0.5, 0.6) is 5.75 Å². The molecule has 1 aromatic carbocycles. The van der Waals surface area contributed by atoms with E-state index in [2.05, 4.69) is 9.72 Å². The summed E-state index contributed by atoms with van der Waals surface area (Å²) in [5, 5.41) is 9.27. The first-order valence-electron chi connectivity index (χ1n) is 7.91. The highest BCUT2D eigenvalue weighted by atomic mass is 32.2. The number of imide groups is 1. The fourth-order valence-corrected chi connectivity index (χ4v) is 3.40. The van der Waals surface area contributed by atoms with Gasteiger partial charge in [-0.15, -0.1) is 13.2 Å². The molecule has 1 aromatic heterocycles. The summed E-state index contributed by atoms with van der Waals surface area (Å²) in [6.07, 6.45) is -5.75. The number of amides is 2. The van der Waals surface area contributed by atoms with Gasteiger partial charge in [-0.05, 0) is 37.3 Å². The van der Waals surface area contributed by atoms with Crippen molar-refractivity contribution in [3.63, 3.8) is 0 Å². The number of halogens is 3. The van der Waals surface area contributed by atoms with Crippen LogP contribution in [0.2, 0.25) is 0 Å². The molecule has 162 valence electrons. The fourth-order valence-electron chi connectivity index (χ4n) is 2.16. The molecule has 0 spiro atoms. The van der Waals surface area contributed by atoms with Gasteiger partial charge >= 0.3 is 6.36 Å². The van der Waals surface area contributed by atoms with Crippen LogP contribution in [0.4, 0.5) is 18.9 Å². The van der Waals surface area contributed by atoms with Gasteiger partial charge in [0.15, 0.2) is 5.69 Å². The zero-order chi connectivity index (χ0) is 22.9. The van der Waals surface area contributed by atoms with Gasteiger partial charge in [-0.3, -0.25) is 9.59 Å². The van der Waals surface area contributed by atoms with E-state index in [0.717, 1.165) is 43.5 Å². The van der Waals surface area contributed by atoms with Crippen molar-refractivity contribution in [2.75, 3.05) is 5.73 Å². The van der Waals surface area contributed by atoms with Crippen molar-refractivity contribution in [3.05, 3.63) is 42.2 Å². The first-order chi connectivity index (χ1) is 13.7. The molecule has 5 N–H and O–H groups in total. The van der Waals surface area contributed by atoms with Crippen molar-refractivity contribution in [1.29, 1.82) is 0 Å². The average molecular weight is 448 g/mol. The Morgan fingerprint density at radius 3 is 2.23 bits per heavy atom. The van der Waals surface area contributed by atoms with Gasteiger partial charge in [0.2, 0.25) is 9.84 Å². The number of pyridine rings is 1. The third-order valence-corrected chi connectivity index (χ3v) is 5.32. The summed E-state index contributed by atoms with van der Waals surface area (Å²) in [6.45, 7) is 1.08. The number of carbonyl (C=O) groups excluding carboxylic acids is 2. The van der Waals surface area contributed by atoms with Crippen molar-refractivity contribution >= 4 is 27.3 Å². The van der Waals surface area contributed by atoms with Crippen molar-refractivity contribution < 1.29 is 41.0 Å². The number of alkyl halides is 3. The van der Waals surface area contributed by atoms with E-state index < -0.39 is 56.1 Å². The molecule has 0 fully saturated rings. The lowest BCUT2D eigenvalue weighted by atomic mass is 10.2. The Morgan fingerprint density at radius 2 is 1.77 bits per heavy atom. The number of hydrogen-bond donors (Lipinski definition) is 3. The van der Waals surface area contributed by atoms with Gasteiger partial charge in [0.05, 0.1) is 15.5 Å². The minimum absolute atomic E-state index is 0.0803. The summed E-state index contributed by atoms with van der Waals surface area (Å²) in [6, 6.07) is 4.26. The van der Waals surface area contributed by atoms with Crippen molar-refractivity contribution in [3.8, 4) is 5.75 Å². The number of aromatic nitrogens is 1. The van der Waals surface area contributed by atoms with Crippen LogP contribution in [0.3, 0.4) is 0 Å². The lowest BCUT2D eigenvalue weighted by Gasteiger charge is -2.17. The number of aliphatic hydroxyl groups is 1. The second-order valence-electron chi connectivity index (χ2n) is 5.82. The van der Waals surface area contributed by atoms with Crippen LogP contribution in [0.25, 0.3) is 0 Å². The maximum atomic E-state index is 12.6. The average Bonchev–Trinajstić information content (AvgIpc) is 2.65. The Morgan fingerprint density at radius 1 is 1.20 bits per heavy atom. The molecule has 1 heterocycles. The molecule has 14 heteroatoms. The molecule has 0 aliphatic rings. The van der Waals surface area contributed by atoms with Gasteiger partial charge in [-0.25, -0.2) is 24.3 Å². The third kappa shape index (κ3) is 5.03. The predicted octanol–water partition coefficient (Wildman–Crippen LogP) is 0.618. The largest absolute Gasteiger partial charge is 0.573 e. The zero-order valence-electron chi connectivity index (χ0n) is 15.1. The van der Waals surface area contributed by atoms with Crippen LogP contribution in [0.1, 0.15) is 17.4 Å².